The summed E-state index contributed by atoms with van der Waals surface area (Å²) >= 11 is 0. The predicted octanol–water partition coefficient (Wildman–Crippen LogP) is 1.08. The molecule has 12 heteroatoms. The van der Waals surface area contributed by atoms with E-state index in [4.69, 9.17) is 9.47 Å². The molecule has 12 nitrogen and oxygen atoms in total. The molecule has 1 N–H and O–H groups in total. The van der Waals surface area contributed by atoms with Crippen LogP contribution >= 0.6 is 0 Å². The Morgan fingerprint density at radius 2 is 1.75 bits per heavy atom. The van der Waals surface area contributed by atoms with Crippen molar-refractivity contribution in [3.8, 4) is 0 Å². The number of aliphatic imine (C=N–C) groups is 1. The van der Waals surface area contributed by atoms with Gasteiger partial charge in [0, 0.05) is 38.3 Å². The summed E-state index contributed by atoms with van der Waals surface area (Å²) in [5, 5.41) is 13.6. The van der Waals surface area contributed by atoms with Crippen molar-refractivity contribution in [2.24, 2.45) is 10.9 Å². The molecule has 2 amide bonds. The van der Waals surface area contributed by atoms with Crippen molar-refractivity contribution in [3.05, 3.63) is 39.9 Å². The van der Waals surface area contributed by atoms with Gasteiger partial charge in [0.15, 0.2) is 5.92 Å². The zero-order valence-electron chi connectivity index (χ0n) is 17.9. The standard InChI is InChI=1S/C20H25N5O7/c1-3-31-18(27)15-16(13-5-7-14(8-6-13)25(29)30)21-19(22-17(15)26)23-9-11-24(12-10-23)20(28)32-4-2/h5-8,15-16H,3-4,9-12H2,1-2H3,(H,21,22,26)/t15-,16-/m0/s1. The molecule has 0 unspecified atom stereocenters. The summed E-state index contributed by atoms with van der Waals surface area (Å²) in [5.41, 5.74) is 0.368. The van der Waals surface area contributed by atoms with Gasteiger partial charge in [0.1, 0.15) is 6.04 Å². The number of piperazine rings is 1. The number of esters is 1. The van der Waals surface area contributed by atoms with Crippen LogP contribution in [0.4, 0.5) is 10.5 Å². The van der Waals surface area contributed by atoms with Gasteiger partial charge in [-0.25, -0.2) is 9.79 Å². The lowest BCUT2D eigenvalue weighted by Crippen LogP contribution is -2.58. The molecule has 2 atom stereocenters. The van der Waals surface area contributed by atoms with E-state index in [-0.39, 0.29) is 24.9 Å². The molecule has 1 aromatic rings. The van der Waals surface area contributed by atoms with E-state index in [0.29, 0.717) is 31.7 Å². The topological polar surface area (TPSA) is 144 Å². The average molecular weight is 447 g/mol. The van der Waals surface area contributed by atoms with Gasteiger partial charge in [0.05, 0.1) is 18.1 Å². The second kappa shape index (κ2) is 10.1. The first-order valence-corrected chi connectivity index (χ1v) is 10.3. The van der Waals surface area contributed by atoms with E-state index in [9.17, 15) is 24.5 Å². The molecule has 32 heavy (non-hydrogen) atoms. The van der Waals surface area contributed by atoms with Crippen LogP contribution in [0.25, 0.3) is 0 Å². The lowest BCUT2D eigenvalue weighted by molar-refractivity contribution is -0.384. The first-order valence-electron chi connectivity index (χ1n) is 10.3. The van der Waals surface area contributed by atoms with Gasteiger partial charge in [0.25, 0.3) is 5.69 Å². The second-order valence-corrected chi connectivity index (χ2v) is 7.14. The van der Waals surface area contributed by atoms with Crippen molar-refractivity contribution in [2.45, 2.75) is 19.9 Å². The lowest BCUT2D eigenvalue weighted by Gasteiger charge is -2.38. The van der Waals surface area contributed by atoms with Gasteiger partial charge >= 0.3 is 12.1 Å². The summed E-state index contributed by atoms with van der Waals surface area (Å²) in [6.07, 6.45) is -0.395. The first kappa shape index (κ1) is 23.0. The number of amides is 2. The summed E-state index contributed by atoms with van der Waals surface area (Å²) in [4.78, 5) is 55.7. The number of nitrogens with one attached hydrogen (secondary N) is 1. The second-order valence-electron chi connectivity index (χ2n) is 7.14. The van der Waals surface area contributed by atoms with Crippen LogP contribution in [0.2, 0.25) is 0 Å². The molecule has 2 aliphatic rings. The number of benzene rings is 1. The Kier molecular flexibility index (Phi) is 7.23. The minimum atomic E-state index is -1.22. The lowest BCUT2D eigenvalue weighted by atomic mass is 9.91. The average Bonchev–Trinajstić information content (AvgIpc) is 2.79. The molecule has 172 valence electrons. The molecule has 3 rings (SSSR count). The number of nitrogens with zero attached hydrogens (tertiary/aromatic N) is 4. The maximum Gasteiger partial charge on any atom is 0.409 e. The maximum atomic E-state index is 12.9. The van der Waals surface area contributed by atoms with E-state index in [1.807, 2.05) is 4.90 Å². The van der Waals surface area contributed by atoms with Crippen LogP contribution in [0.3, 0.4) is 0 Å². The predicted molar refractivity (Wildman–Crippen MR) is 112 cm³/mol. The summed E-state index contributed by atoms with van der Waals surface area (Å²) < 4.78 is 10.1. The molecule has 0 radical (unpaired) electrons. The molecule has 1 saturated heterocycles. The number of nitro groups is 1. The van der Waals surface area contributed by atoms with Gasteiger partial charge in [0.2, 0.25) is 11.9 Å². The number of carbonyl (C=O) groups is 3. The third-order valence-electron chi connectivity index (χ3n) is 5.19. The quantitative estimate of drug-likeness (QED) is 0.306. The number of rotatable bonds is 5. The third-order valence-corrected chi connectivity index (χ3v) is 5.19. The fraction of sp³-hybridized carbons (Fsp3) is 0.500. The Morgan fingerprint density at radius 1 is 1.12 bits per heavy atom. The minimum Gasteiger partial charge on any atom is -0.465 e. The highest BCUT2D eigenvalue weighted by Gasteiger charge is 2.42. The summed E-state index contributed by atoms with van der Waals surface area (Å²) in [5.74, 6) is -2.23. The smallest absolute Gasteiger partial charge is 0.409 e. The van der Waals surface area contributed by atoms with Crippen molar-refractivity contribution in [1.29, 1.82) is 0 Å². The van der Waals surface area contributed by atoms with Crippen LogP contribution in [-0.2, 0) is 19.1 Å². The Hall–Kier alpha value is -3.70. The highest BCUT2D eigenvalue weighted by atomic mass is 16.6. The van der Waals surface area contributed by atoms with E-state index in [1.54, 1.807) is 18.7 Å². The molecule has 1 aromatic carbocycles. The molecule has 0 aromatic heterocycles. The molecule has 2 heterocycles. The van der Waals surface area contributed by atoms with Crippen LogP contribution in [0.5, 0.6) is 0 Å². The Bertz CT molecular complexity index is 909. The van der Waals surface area contributed by atoms with Crippen molar-refractivity contribution in [1.82, 2.24) is 15.1 Å². The first-order chi connectivity index (χ1) is 15.3. The molecule has 0 saturated carbocycles. The maximum absolute atomic E-state index is 12.9. The van der Waals surface area contributed by atoms with Gasteiger partial charge in [-0.15, -0.1) is 0 Å². The van der Waals surface area contributed by atoms with Gasteiger partial charge in [-0.3, -0.25) is 25.0 Å². The molecule has 0 spiro atoms. The Morgan fingerprint density at radius 3 is 2.31 bits per heavy atom. The fourth-order valence-electron chi connectivity index (χ4n) is 3.57. The van der Waals surface area contributed by atoms with Gasteiger partial charge < -0.3 is 19.3 Å². The number of ether oxygens (including phenoxy) is 2. The molecular weight excluding hydrogens is 422 g/mol. The normalized spacial score (nSPS) is 20.8. The fourth-order valence-corrected chi connectivity index (χ4v) is 3.57. The van der Waals surface area contributed by atoms with Gasteiger partial charge in [-0.05, 0) is 19.4 Å². The summed E-state index contributed by atoms with van der Waals surface area (Å²) in [6, 6.07) is 4.66. The molecule has 0 bridgehead atoms. The van der Waals surface area contributed by atoms with Gasteiger partial charge in [-0.1, -0.05) is 12.1 Å². The highest BCUT2D eigenvalue weighted by Crippen LogP contribution is 2.32. The van der Waals surface area contributed by atoms with E-state index >= 15 is 0 Å². The van der Waals surface area contributed by atoms with Crippen molar-refractivity contribution < 1.29 is 28.8 Å². The van der Waals surface area contributed by atoms with E-state index in [1.165, 1.54) is 24.3 Å². The van der Waals surface area contributed by atoms with E-state index in [2.05, 4.69) is 10.3 Å². The van der Waals surface area contributed by atoms with Crippen molar-refractivity contribution >= 4 is 29.6 Å². The van der Waals surface area contributed by atoms with Crippen LogP contribution < -0.4 is 5.32 Å². The number of hydrogen-bond donors (Lipinski definition) is 1. The number of non-ortho nitro benzene ring substituents is 1. The number of hydrogen-bond acceptors (Lipinski definition) is 9. The van der Waals surface area contributed by atoms with E-state index < -0.39 is 34.9 Å². The van der Waals surface area contributed by atoms with Crippen molar-refractivity contribution in [2.75, 3.05) is 39.4 Å². The zero-order valence-corrected chi connectivity index (χ0v) is 17.9. The SMILES string of the molecule is CCOC(=O)[C@@H]1C(=O)NC(N2CCN(C(=O)OCC)CC2)=N[C@H]1c1ccc([N+](=O)[O-])cc1. The monoisotopic (exact) mass is 447 g/mol. The molecule has 2 aliphatic heterocycles. The highest BCUT2D eigenvalue weighted by molar-refractivity contribution is 6.08. The summed E-state index contributed by atoms with van der Waals surface area (Å²) in [6.45, 7) is 5.35. The molecule has 1 fully saturated rings. The number of carbonyl (C=O) groups excluding carboxylic acids is 3. The van der Waals surface area contributed by atoms with Crippen LogP contribution in [0.1, 0.15) is 25.5 Å². The van der Waals surface area contributed by atoms with Gasteiger partial charge in [-0.2, -0.15) is 0 Å². The summed E-state index contributed by atoms with van der Waals surface area (Å²) in [7, 11) is 0. The van der Waals surface area contributed by atoms with Crippen molar-refractivity contribution in [3.63, 3.8) is 0 Å². The Balaban J connectivity index is 1.85. The van der Waals surface area contributed by atoms with Crippen LogP contribution in [-0.4, -0.2) is 78.0 Å². The Labute approximate surface area is 184 Å². The molecular formula is C20H25N5O7. The largest absolute Gasteiger partial charge is 0.465 e. The van der Waals surface area contributed by atoms with Crippen LogP contribution in [0, 0.1) is 16.0 Å². The zero-order chi connectivity index (χ0) is 23.3. The van der Waals surface area contributed by atoms with Crippen LogP contribution in [0.15, 0.2) is 29.3 Å². The minimum absolute atomic E-state index is 0.0992. The number of guanidine groups is 1. The third kappa shape index (κ3) is 4.95. The number of nitro benzene ring substituents is 1. The van der Waals surface area contributed by atoms with E-state index in [0.717, 1.165) is 0 Å². The molecule has 0 aliphatic carbocycles.